The Balaban J connectivity index is 1.56. The molecule has 2 aliphatic rings. The number of rotatable bonds is 3. The van der Waals surface area contributed by atoms with Crippen LogP contribution in [0, 0.1) is 0 Å². The third kappa shape index (κ3) is 3.87. The standard InChI is InChI=1S/C19H17Cl2N3O2S2/c1-22-7-9-23(10-8-22)24-18(25)16(28-19(24)27)11-12-5-6-15(26-12)17-13(20)3-2-4-14(17)21/h2-6,11H,7-10H2,1H3. The van der Waals surface area contributed by atoms with Gasteiger partial charge >= 0.3 is 0 Å². The molecule has 9 heteroatoms. The van der Waals surface area contributed by atoms with Crippen molar-refractivity contribution >= 4 is 63.5 Å². The van der Waals surface area contributed by atoms with Crippen molar-refractivity contribution in [1.29, 1.82) is 0 Å². The molecule has 1 aromatic carbocycles. The predicted octanol–water partition coefficient (Wildman–Crippen LogP) is 4.62. The van der Waals surface area contributed by atoms with Gasteiger partial charge in [0.05, 0.1) is 20.5 Å². The number of furan rings is 1. The number of carbonyl (C=O) groups excluding carboxylic acids is 1. The van der Waals surface area contributed by atoms with Crippen LogP contribution in [0.15, 0.2) is 39.7 Å². The SMILES string of the molecule is CN1CCN(N2C(=O)C(=Cc3ccc(-c4c(Cl)cccc4Cl)o3)SC2=S)CC1. The van der Waals surface area contributed by atoms with Crippen molar-refractivity contribution in [3.8, 4) is 11.3 Å². The van der Waals surface area contributed by atoms with Gasteiger partial charge in [-0.25, -0.2) is 10.0 Å². The number of thioether (sulfide) groups is 1. The second kappa shape index (κ2) is 8.18. The number of hydrogen-bond donors (Lipinski definition) is 0. The first-order valence-electron chi connectivity index (χ1n) is 8.69. The summed E-state index contributed by atoms with van der Waals surface area (Å²) in [6.07, 6.45) is 1.71. The number of halogens is 2. The van der Waals surface area contributed by atoms with E-state index in [2.05, 4.69) is 11.9 Å². The number of piperazine rings is 1. The lowest BCUT2D eigenvalue weighted by Crippen LogP contribution is -2.54. The van der Waals surface area contributed by atoms with Gasteiger partial charge in [-0.1, -0.05) is 53.2 Å². The van der Waals surface area contributed by atoms with Crippen LogP contribution in [0.3, 0.4) is 0 Å². The van der Waals surface area contributed by atoms with E-state index in [0.717, 1.165) is 26.2 Å². The number of hydrogen-bond acceptors (Lipinski definition) is 6. The Morgan fingerprint density at radius 1 is 1.11 bits per heavy atom. The molecule has 4 rings (SSSR count). The summed E-state index contributed by atoms with van der Waals surface area (Å²) >= 11 is 19.2. The maximum atomic E-state index is 12.9. The Morgan fingerprint density at radius 3 is 2.46 bits per heavy atom. The van der Waals surface area contributed by atoms with Crippen molar-refractivity contribution < 1.29 is 9.21 Å². The molecule has 0 saturated carbocycles. The summed E-state index contributed by atoms with van der Waals surface area (Å²) in [6.45, 7) is 3.34. The van der Waals surface area contributed by atoms with Crippen LogP contribution < -0.4 is 0 Å². The summed E-state index contributed by atoms with van der Waals surface area (Å²) < 4.78 is 6.42. The highest BCUT2D eigenvalue weighted by Gasteiger charge is 2.37. The van der Waals surface area contributed by atoms with Crippen molar-refractivity contribution in [3.63, 3.8) is 0 Å². The van der Waals surface area contributed by atoms with Crippen molar-refractivity contribution in [2.45, 2.75) is 0 Å². The van der Waals surface area contributed by atoms with Gasteiger partial charge in [-0.05, 0) is 31.3 Å². The molecule has 3 heterocycles. The first-order valence-corrected chi connectivity index (χ1v) is 10.7. The zero-order chi connectivity index (χ0) is 19.8. The summed E-state index contributed by atoms with van der Waals surface area (Å²) in [5.41, 5.74) is 0.635. The molecule has 28 heavy (non-hydrogen) atoms. The zero-order valence-electron chi connectivity index (χ0n) is 15.0. The van der Waals surface area contributed by atoms with E-state index in [1.807, 2.05) is 5.01 Å². The van der Waals surface area contributed by atoms with Crippen molar-refractivity contribution in [1.82, 2.24) is 14.9 Å². The summed E-state index contributed by atoms with van der Waals surface area (Å²) in [4.78, 5) is 15.7. The van der Waals surface area contributed by atoms with Gasteiger partial charge in [-0.3, -0.25) is 4.79 Å². The first kappa shape index (κ1) is 19.9. The monoisotopic (exact) mass is 453 g/mol. The van der Waals surface area contributed by atoms with E-state index in [1.165, 1.54) is 11.8 Å². The van der Waals surface area contributed by atoms with Crippen LogP contribution in [0.5, 0.6) is 0 Å². The van der Waals surface area contributed by atoms with Crippen molar-refractivity contribution in [2.24, 2.45) is 0 Å². The smallest absolute Gasteiger partial charge is 0.281 e. The summed E-state index contributed by atoms with van der Waals surface area (Å²) in [5, 5.41) is 4.63. The molecular formula is C19H17Cl2N3O2S2. The van der Waals surface area contributed by atoms with E-state index in [4.69, 9.17) is 39.8 Å². The Labute approximate surface area is 182 Å². The molecule has 2 aliphatic heterocycles. The minimum atomic E-state index is -0.117. The highest BCUT2D eigenvalue weighted by atomic mass is 35.5. The molecule has 2 aromatic rings. The Kier molecular flexibility index (Phi) is 5.83. The number of carbonyl (C=O) groups is 1. The lowest BCUT2D eigenvalue weighted by molar-refractivity contribution is -0.135. The lowest BCUT2D eigenvalue weighted by atomic mass is 10.2. The molecule has 0 unspecified atom stereocenters. The van der Waals surface area contributed by atoms with Gasteiger partial charge in [-0.2, -0.15) is 0 Å². The molecule has 2 saturated heterocycles. The average Bonchev–Trinajstić information content (AvgIpc) is 3.21. The van der Waals surface area contributed by atoms with Gasteiger partial charge in [-0.15, -0.1) is 0 Å². The largest absolute Gasteiger partial charge is 0.457 e. The van der Waals surface area contributed by atoms with Crippen LogP contribution in [-0.2, 0) is 4.79 Å². The van der Waals surface area contributed by atoms with Crippen LogP contribution in [0.4, 0.5) is 0 Å². The number of hydrazine groups is 1. The molecule has 5 nitrogen and oxygen atoms in total. The van der Waals surface area contributed by atoms with Crippen LogP contribution in [0.25, 0.3) is 17.4 Å². The minimum Gasteiger partial charge on any atom is -0.457 e. The first-order chi connectivity index (χ1) is 13.4. The Hall–Kier alpha value is -1.35. The maximum Gasteiger partial charge on any atom is 0.281 e. The number of likely N-dealkylation sites (N-methyl/N-ethyl adjacent to an activating group) is 1. The molecule has 0 aliphatic carbocycles. The molecule has 0 radical (unpaired) electrons. The van der Waals surface area contributed by atoms with Gasteiger partial charge in [0.25, 0.3) is 5.91 Å². The van der Waals surface area contributed by atoms with Crippen LogP contribution >= 0.6 is 47.2 Å². The summed E-state index contributed by atoms with van der Waals surface area (Å²) in [5.74, 6) is 0.981. The molecule has 0 N–H and O–H groups in total. The molecule has 0 bridgehead atoms. The van der Waals surface area contributed by atoms with Gasteiger partial charge in [0, 0.05) is 32.3 Å². The molecular weight excluding hydrogens is 437 g/mol. The topological polar surface area (TPSA) is 39.9 Å². The highest BCUT2D eigenvalue weighted by Crippen LogP contribution is 2.38. The van der Waals surface area contributed by atoms with Gasteiger partial charge in [0.1, 0.15) is 11.5 Å². The van der Waals surface area contributed by atoms with E-state index in [1.54, 1.807) is 41.4 Å². The van der Waals surface area contributed by atoms with E-state index in [-0.39, 0.29) is 5.91 Å². The summed E-state index contributed by atoms with van der Waals surface area (Å²) in [6, 6.07) is 8.87. The van der Waals surface area contributed by atoms with E-state index in [0.29, 0.717) is 36.4 Å². The quantitative estimate of drug-likeness (QED) is 0.498. The van der Waals surface area contributed by atoms with Gasteiger partial charge in [0.15, 0.2) is 4.32 Å². The van der Waals surface area contributed by atoms with Crippen molar-refractivity contribution in [2.75, 3.05) is 33.2 Å². The predicted molar refractivity (Wildman–Crippen MR) is 118 cm³/mol. The fraction of sp³-hybridized carbons (Fsp3) is 0.263. The lowest BCUT2D eigenvalue weighted by Gasteiger charge is -2.37. The van der Waals surface area contributed by atoms with Crippen molar-refractivity contribution in [3.05, 3.63) is 51.0 Å². The Morgan fingerprint density at radius 2 is 1.79 bits per heavy atom. The van der Waals surface area contributed by atoms with E-state index >= 15 is 0 Å². The van der Waals surface area contributed by atoms with E-state index in [9.17, 15) is 4.79 Å². The van der Waals surface area contributed by atoms with Gasteiger partial charge in [0.2, 0.25) is 0 Å². The fourth-order valence-corrected chi connectivity index (χ4v) is 5.00. The number of thiocarbonyl (C=S) groups is 1. The number of benzene rings is 1. The van der Waals surface area contributed by atoms with Gasteiger partial charge < -0.3 is 9.32 Å². The van der Waals surface area contributed by atoms with E-state index < -0.39 is 0 Å². The number of nitrogens with zero attached hydrogens (tertiary/aromatic N) is 3. The fourth-order valence-electron chi connectivity index (χ4n) is 3.13. The Bertz CT molecular complexity index is 948. The zero-order valence-corrected chi connectivity index (χ0v) is 18.2. The third-order valence-electron chi connectivity index (χ3n) is 4.65. The second-order valence-corrected chi connectivity index (χ2v) is 9.04. The van der Waals surface area contributed by atoms with Crippen LogP contribution in [0.2, 0.25) is 10.0 Å². The normalized spacial score (nSPS) is 20.5. The average molecular weight is 454 g/mol. The molecule has 0 atom stereocenters. The minimum absolute atomic E-state index is 0.117. The second-order valence-electron chi connectivity index (χ2n) is 6.55. The highest BCUT2D eigenvalue weighted by molar-refractivity contribution is 8.26. The molecule has 1 amide bonds. The van der Waals surface area contributed by atoms with Crippen LogP contribution in [0.1, 0.15) is 5.76 Å². The third-order valence-corrected chi connectivity index (χ3v) is 6.56. The number of amides is 1. The molecule has 146 valence electrons. The summed E-state index contributed by atoms with van der Waals surface area (Å²) in [7, 11) is 2.07. The van der Waals surface area contributed by atoms with Crippen LogP contribution in [-0.4, -0.2) is 58.4 Å². The maximum absolute atomic E-state index is 12.9. The molecule has 2 fully saturated rings. The molecule has 1 aromatic heterocycles. The molecule has 0 spiro atoms.